The molecule has 1 aliphatic heterocycles. The Morgan fingerprint density at radius 1 is 1.22 bits per heavy atom. The predicted molar refractivity (Wildman–Crippen MR) is 114 cm³/mol. The third-order valence-corrected chi connectivity index (χ3v) is 7.12. The van der Waals surface area contributed by atoms with Gasteiger partial charge in [0.25, 0.3) is 0 Å². The van der Waals surface area contributed by atoms with Gasteiger partial charge in [0.05, 0.1) is 6.42 Å². The number of carbonyl (C=O) groups is 2. The number of carboxylic acids is 1. The van der Waals surface area contributed by atoms with Crippen LogP contribution >= 0.6 is 0 Å². The van der Waals surface area contributed by atoms with E-state index in [-0.39, 0.29) is 17.8 Å². The summed E-state index contributed by atoms with van der Waals surface area (Å²) in [5.41, 5.74) is 2.03. The Morgan fingerprint density at radius 2 is 1.88 bits per heavy atom. The number of benzene rings is 1. The van der Waals surface area contributed by atoms with Crippen molar-refractivity contribution < 1.29 is 27.9 Å². The van der Waals surface area contributed by atoms with Gasteiger partial charge < -0.3 is 14.9 Å². The third-order valence-electron chi connectivity index (χ3n) is 7.12. The van der Waals surface area contributed by atoms with Gasteiger partial charge in [-0.2, -0.15) is 13.2 Å². The van der Waals surface area contributed by atoms with Gasteiger partial charge in [-0.05, 0) is 36.7 Å². The molecule has 2 atom stereocenters. The topological polar surface area (TPSA) is 60.9 Å². The van der Waals surface area contributed by atoms with E-state index in [1.54, 1.807) is 0 Å². The zero-order valence-corrected chi connectivity index (χ0v) is 18.1. The van der Waals surface area contributed by atoms with Gasteiger partial charge in [0.15, 0.2) is 0 Å². The van der Waals surface area contributed by atoms with E-state index < -0.39 is 30.1 Å². The van der Waals surface area contributed by atoms with Gasteiger partial charge >= 0.3 is 18.1 Å². The molecule has 1 aromatic rings. The summed E-state index contributed by atoms with van der Waals surface area (Å²) in [5, 5.41) is 8.80. The number of aliphatic carboxylic acids is 1. The summed E-state index contributed by atoms with van der Waals surface area (Å²) in [6, 6.07) is 8.91. The van der Waals surface area contributed by atoms with Gasteiger partial charge in [-0.1, -0.05) is 48.9 Å². The maximum absolute atomic E-state index is 13.4. The summed E-state index contributed by atoms with van der Waals surface area (Å²) < 4.78 is 40.3. The number of alkyl halides is 3. The normalized spacial score (nSPS) is 25.2. The van der Waals surface area contributed by atoms with E-state index in [0.717, 1.165) is 22.5 Å². The molecule has 8 heteroatoms. The fourth-order valence-corrected chi connectivity index (χ4v) is 5.56. The Labute approximate surface area is 185 Å². The number of likely N-dealkylation sites (tertiary alicyclic amines) is 1. The lowest BCUT2D eigenvalue weighted by atomic mass is 9.60. The van der Waals surface area contributed by atoms with Crippen molar-refractivity contribution in [2.75, 3.05) is 19.6 Å². The number of amides is 1. The molecule has 2 saturated carbocycles. The first kappa shape index (κ1) is 22.8. The Hall–Kier alpha value is -2.35. The van der Waals surface area contributed by atoms with Crippen LogP contribution in [0.3, 0.4) is 0 Å². The van der Waals surface area contributed by atoms with Crippen LogP contribution < -0.4 is 0 Å². The molecule has 0 radical (unpaired) electrons. The first-order valence-corrected chi connectivity index (χ1v) is 11.2. The number of rotatable bonds is 8. The summed E-state index contributed by atoms with van der Waals surface area (Å²) >= 11 is 0. The lowest BCUT2D eigenvalue weighted by Crippen LogP contribution is -2.68. The summed E-state index contributed by atoms with van der Waals surface area (Å²) in [6.07, 6.45) is -0.347. The van der Waals surface area contributed by atoms with Crippen molar-refractivity contribution in [3.63, 3.8) is 0 Å². The second-order valence-corrected chi connectivity index (χ2v) is 9.52. The number of hydrogen-bond donors (Lipinski definition) is 1. The van der Waals surface area contributed by atoms with Crippen LogP contribution in [0.5, 0.6) is 0 Å². The molecule has 0 aromatic heterocycles. The molecule has 1 N–H and O–H groups in total. The SMILES string of the molecule is CCC(=Cc1ccccc1)C1C[C@@H]1N(C(=O)C(F)(F)F)C1CC2(C1)CN(CCC(=O)O)C2. The molecular weight excluding hydrogens is 421 g/mol. The minimum Gasteiger partial charge on any atom is -0.481 e. The van der Waals surface area contributed by atoms with Gasteiger partial charge in [0.2, 0.25) is 0 Å². The largest absolute Gasteiger partial charge is 0.481 e. The smallest absolute Gasteiger partial charge is 0.471 e. The summed E-state index contributed by atoms with van der Waals surface area (Å²) in [4.78, 5) is 26.2. The average molecular weight is 451 g/mol. The number of carbonyl (C=O) groups excluding carboxylic acids is 1. The van der Waals surface area contributed by atoms with Crippen molar-refractivity contribution in [3.05, 3.63) is 41.5 Å². The van der Waals surface area contributed by atoms with Crippen molar-refractivity contribution >= 4 is 18.0 Å². The van der Waals surface area contributed by atoms with Crippen LogP contribution in [0.1, 0.15) is 44.6 Å². The highest BCUT2D eigenvalue weighted by molar-refractivity contribution is 5.83. The lowest BCUT2D eigenvalue weighted by Gasteiger charge is -2.61. The molecule has 2 aliphatic carbocycles. The number of carboxylic acid groups (broad SMARTS) is 1. The highest BCUT2D eigenvalue weighted by atomic mass is 19.4. The van der Waals surface area contributed by atoms with Gasteiger partial charge in [0.1, 0.15) is 0 Å². The molecular formula is C24H29F3N2O3. The molecule has 1 unspecified atom stereocenters. The van der Waals surface area contributed by atoms with Crippen LogP contribution in [-0.2, 0) is 9.59 Å². The van der Waals surface area contributed by atoms with Gasteiger partial charge in [0, 0.05) is 37.6 Å². The molecule has 1 heterocycles. The van der Waals surface area contributed by atoms with E-state index >= 15 is 0 Å². The number of halogens is 3. The quantitative estimate of drug-likeness (QED) is 0.645. The minimum atomic E-state index is -4.88. The zero-order chi connectivity index (χ0) is 23.1. The van der Waals surface area contributed by atoms with E-state index in [0.29, 0.717) is 38.9 Å². The Balaban J connectivity index is 1.42. The maximum atomic E-state index is 13.4. The first-order valence-electron chi connectivity index (χ1n) is 11.2. The van der Waals surface area contributed by atoms with Crippen LogP contribution in [0, 0.1) is 11.3 Å². The molecule has 5 nitrogen and oxygen atoms in total. The zero-order valence-electron chi connectivity index (χ0n) is 18.1. The van der Waals surface area contributed by atoms with Gasteiger partial charge in [-0.15, -0.1) is 0 Å². The standard InChI is InChI=1S/C24H29F3N2O3/c1-2-17(10-16-6-4-3-5-7-16)19-11-20(19)29(22(32)24(25,26)27)18-12-23(13-18)14-28(15-23)9-8-21(30)31/h3-7,10,18-20H,2,8-9,11-15H2,1H3,(H,30,31)/t19?,20-/m0/s1. The molecule has 1 spiro atoms. The average Bonchev–Trinajstić information content (AvgIpc) is 3.45. The first-order chi connectivity index (χ1) is 15.1. The van der Waals surface area contributed by atoms with Crippen LogP contribution in [0.25, 0.3) is 6.08 Å². The predicted octanol–water partition coefficient (Wildman–Crippen LogP) is 4.20. The molecule has 0 bridgehead atoms. The van der Waals surface area contributed by atoms with E-state index in [2.05, 4.69) is 0 Å². The number of nitrogens with zero attached hydrogens (tertiary/aromatic N) is 2. The van der Waals surface area contributed by atoms with Crippen molar-refractivity contribution in [2.45, 2.75) is 57.3 Å². The fourth-order valence-electron chi connectivity index (χ4n) is 5.56. The van der Waals surface area contributed by atoms with Crippen LogP contribution in [0.4, 0.5) is 13.2 Å². The molecule has 32 heavy (non-hydrogen) atoms. The van der Waals surface area contributed by atoms with Crippen molar-refractivity contribution in [1.29, 1.82) is 0 Å². The van der Waals surface area contributed by atoms with Crippen molar-refractivity contribution in [1.82, 2.24) is 9.80 Å². The second-order valence-electron chi connectivity index (χ2n) is 9.52. The highest BCUT2D eigenvalue weighted by Gasteiger charge is 2.60. The summed E-state index contributed by atoms with van der Waals surface area (Å²) in [6.45, 7) is 3.86. The van der Waals surface area contributed by atoms with E-state index in [4.69, 9.17) is 5.11 Å². The Morgan fingerprint density at radius 3 is 2.44 bits per heavy atom. The van der Waals surface area contributed by atoms with Crippen LogP contribution in [0.2, 0.25) is 0 Å². The van der Waals surface area contributed by atoms with E-state index in [9.17, 15) is 22.8 Å². The molecule has 3 aliphatic rings. The molecule has 3 fully saturated rings. The monoisotopic (exact) mass is 450 g/mol. The van der Waals surface area contributed by atoms with Crippen molar-refractivity contribution in [2.24, 2.45) is 11.3 Å². The molecule has 1 aromatic carbocycles. The summed E-state index contributed by atoms with van der Waals surface area (Å²) in [5.74, 6) is -2.60. The molecule has 1 amide bonds. The number of hydrogen-bond acceptors (Lipinski definition) is 3. The third kappa shape index (κ3) is 4.70. The second kappa shape index (κ2) is 8.54. The summed E-state index contributed by atoms with van der Waals surface area (Å²) in [7, 11) is 0. The molecule has 174 valence electrons. The molecule has 1 saturated heterocycles. The Bertz CT molecular complexity index is 886. The lowest BCUT2D eigenvalue weighted by molar-refractivity contribution is -0.197. The minimum absolute atomic E-state index is 0.0310. The maximum Gasteiger partial charge on any atom is 0.471 e. The van der Waals surface area contributed by atoms with E-state index in [1.165, 1.54) is 0 Å². The molecule has 4 rings (SSSR count). The Kier molecular flexibility index (Phi) is 6.09. The van der Waals surface area contributed by atoms with Gasteiger partial charge in [-0.25, -0.2) is 0 Å². The van der Waals surface area contributed by atoms with Gasteiger partial charge in [-0.3, -0.25) is 9.59 Å². The van der Waals surface area contributed by atoms with Crippen LogP contribution in [0.15, 0.2) is 35.9 Å². The van der Waals surface area contributed by atoms with E-state index in [1.807, 2.05) is 48.2 Å². The van der Waals surface area contributed by atoms with Crippen LogP contribution in [-0.4, -0.2) is 64.7 Å². The van der Waals surface area contributed by atoms with Crippen molar-refractivity contribution in [3.8, 4) is 0 Å². The fraction of sp³-hybridized carbons (Fsp3) is 0.583. The highest BCUT2D eigenvalue weighted by Crippen LogP contribution is 2.54.